The van der Waals surface area contributed by atoms with Crippen LogP contribution < -0.4 is 11.3 Å². The van der Waals surface area contributed by atoms with Crippen molar-refractivity contribution in [1.82, 2.24) is 9.97 Å². The third-order valence-corrected chi connectivity index (χ3v) is 3.55. The van der Waals surface area contributed by atoms with Gasteiger partial charge in [-0.1, -0.05) is 0 Å². The topological polar surface area (TPSA) is 154 Å². The lowest BCUT2D eigenvalue weighted by Crippen LogP contribution is -2.36. The Balaban J connectivity index is 1.96. The minimum absolute atomic E-state index is 0.0593. The van der Waals surface area contributed by atoms with E-state index in [4.69, 9.17) is 15.6 Å². The maximum atomic E-state index is 11.7. The molecule has 9 heteroatoms. The number of ether oxygens (including phenoxy) is 1. The minimum atomic E-state index is -1.21. The Bertz CT molecular complexity index is 615. The molecule has 6 N–H and O–H groups in total. The molecule has 108 valence electrons. The van der Waals surface area contributed by atoms with Crippen molar-refractivity contribution in [3.05, 3.63) is 16.0 Å². The largest absolute Gasteiger partial charge is 0.394 e. The molecule has 9 nitrogen and oxygen atoms in total. The van der Waals surface area contributed by atoms with E-state index in [0.717, 1.165) is 0 Å². The van der Waals surface area contributed by atoms with Gasteiger partial charge in [-0.15, -0.1) is 0 Å². The van der Waals surface area contributed by atoms with Crippen LogP contribution in [0.1, 0.15) is 11.6 Å². The summed E-state index contributed by atoms with van der Waals surface area (Å²) in [6, 6.07) is 0. The third kappa shape index (κ3) is 1.83. The lowest BCUT2D eigenvalue weighted by molar-refractivity contribution is -0.0237. The molecule has 20 heavy (non-hydrogen) atoms. The second-order valence-corrected chi connectivity index (χ2v) is 4.79. The Labute approximate surface area is 112 Å². The highest BCUT2D eigenvalue weighted by Crippen LogP contribution is 2.36. The van der Waals surface area contributed by atoms with E-state index in [0.29, 0.717) is 5.69 Å². The monoisotopic (exact) mass is 282 g/mol. The SMILES string of the molecule is Nc1nc2c(c(=O)[nH]1)N=C[C@H]2[C@@H]1O[C@H](CO)[C@H](O)[C@H]1O. The van der Waals surface area contributed by atoms with E-state index in [1.54, 1.807) is 0 Å². The molecule has 1 saturated heterocycles. The maximum Gasteiger partial charge on any atom is 0.278 e. The number of nitrogens with zero attached hydrogens (tertiary/aromatic N) is 2. The van der Waals surface area contributed by atoms with Crippen LogP contribution >= 0.6 is 0 Å². The van der Waals surface area contributed by atoms with Crippen molar-refractivity contribution < 1.29 is 20.1 Å². The lowest BCUT2D eigenvalue weighted by Gasteiger charge is -2.19. The van der Waals surface area contributed by atoms with E-state index in [2.05, 4.69) is 15.0 Å². The average Bonchev–Trinajstić information content (AvgIpc) is 2.93. The van der Waals surface area contributed by atoms with Gasteiger partial charge in [0.25, 0.3) is 5.56 Å². The number of nitrogen functional groups attached to an aromatic ring is 1. The Morgan fingerprint density at radius 1 is 1.40 bits per heavy atom. The zero-order chi connectivity index (χ0) is 14.4. The number of aliphatic hydroxyl groups is 3. The molecule has 0 radical (unpaired) electrons. The summed E-state index contributed by atoms with van der Waals surface area (Å²) in [7, 11) is 0. The Morgan fingerprint density at radius 3 is 2.80 bits per heavy atom. The summed E-state index contributed by atoms with van der Waals surface area (Å²) in [5, 5.41) is 28.8. The van der Waals surface area contributed by atoms with Crippen LogP contribution in [0.4, 0.5) is 11.6 Å². The van der Waals surface area contributed by atoms with E-state index in [1.807, 2.05) is 0 Å². The fraction of sp³-hybridized carbons (Fsp3) is 0.545. The van der Waals surface area contributed by atoms with Crippen molar-refractivity contribution in [3.63, 3.8) is 0 Å². The number of aromatic nitrogens is 2. The number of aliphatic imine (C=N–C) groups is 1. The molecule has 1 fully saturated rings. The van der Waals surface area contributed by atoms with Gasteiger partial charge in [-0.2, -0.15) is 0 Å². The summed E-state index contributed by atoms with van der Waals surface area (Å²) < 4.78 is 5.42. The maximum absolute atomic E-state index is 11.7. The predicted octanol–water partition coefficient (Wildman–Crippen LogP) is -2.37. The molecule has 1 aromatic rings. The Kier molecular flexibility index (Phi) is 3.05. The number of H-pyrrole nitrogens is 1. The predicted molar refractivity (Wildman–Crippen MR) is 67.9 cm³/mol. The quantitative estimate of drug-likeness (QED) is 0.406. The van der Waals surface area contributed by atoms with Crippen molar-refractivity contribution in [2.45, 2.75) is 30.3 Å². The number of hydrogen-bond donors (Lipinski definition) is 5. The minimum Gasteiger partial charge on any atom is -0.394 e. The summed E-state index contributed by atoms with van der Waals surface area (Å²) >= 11 is 0. The van der Waals surface area contributed by atoms with Crippen molar-refractivity contribution in [3.8, 4) is 0 Å². The van der Waals surface area contributed by atoms with E-state index in [1.165, 1.54) is 6.21 Å². The number of hydrogen-bond acceptors (Lipinski definition) is 8. The zero-order valence-electron chi connectivity index (χ0n) is 10.3. The first-order valence-corrected chi connectivity index (χ1v) is 6.09. The van der Waals surface area contributed by atoms with Crippen LogP contribution in [0.25, 0.3) is 0 Å². The van der Waals surface area contributed by atoms with Crippen LogP contribution in [0, 0.1) is 0 Å². The first-order valence-electron chi connectivity index (χ1n) is 6.09. The molecule has 3 rings (SSSR count). The second-order valence-electron chi connectivity index (χ2n) is 4.79. The van der Waals surface area contributed by atoms with Crippen LogP contribution in [0.5, 0.6) is 0 Å². The molecule has 1 aromatic heterocycles. The van der Waals surface area contributed by atoms with Crippen LogP contribution in [0.3, 0.4) is 0 Å². The van der Waals surface area contributed by atoms with Crippen LogP contribution in [-0.2, 0) is 4.74 Å². The first-order chi connectivity index (χ1) is 9.52. The Hall–Kier alpha value is -1.81. The molecule has 0 bridgehead atoms. The number of aliphatic hydroxyl groups excluding tert-OH is 3. The molecule has 0 spiro atoms. The summed E-state index contributed by atoms with van der Waals surface area (Å²) in [6.07, 6.45) is -2.72. The molecule has 0 aliphatic carbocycles. The summed E-state index contributed by atoms with van der Waals surface area (Å²) in [5.74, 6) is -0.660. The number of rotatable bonds is 2. The lowest BCUT2D eigenvalue weighted by atomic mass is 9.95. The summed E-state index contributed by atoms with van der Waals surface area (Å²) in [6.45, 7) is -0.420. The van der Waals surface area contributed by atoms with Gasteiger partial charge in [0.05, 0.1) is 18.2 Å². The summed E-state index contributed by atoms with van der Waals surface area (Å²) in [4.78, 5) is 22.0. The van der Waals surface area contributed by atoms with Gasteiger partial charge < -0.3 is 25.8 Å². The molecule has 2 aliphatic rings. The fourth-order valence-corrected chi connectivity index (χ4v) is 2.55. The number of nitrogens with one attached hydrogen (secondary N) is 1. The van der Waals surface area contributed by atoms with Crippen LogP contribution in [0.2, 0.25) is 0 Å². The smallest absolute Gasteiger partial charge is 0.278 e. The first kappa shape index (κ1) is 13.2. The molecule has 0 saturated carbocycles. The van der Waals surface area contributed by atoms with E-state index in [9.17, 15) is 15.0 Å². The molecule has 0 amide bonds. The molecule has 2 aliphatic heterocycles. The molecular formula is C11H14N4O5. The van der Waals surface area contributed by atoms with Crippen molar-refractivity contribution in [2.24, 2.45) is 4.99 Å². The zero-order valence-corrected chi connectivity index (χ0v) is 10.3. The second kappa shape index (κ2) is 4.63. The van der Waals surface area contributed by atoms with Crippen molar-refractivity contribution in [2.75, 3.05) is 12.3 Å². The highest BCUT2D eigenvalue weighted by Gasteiger charge is 2.48. The van der Waals surface area contributed by atoms with Crippen LogP contribution in [0.15, 0.2) is 9.79 Å². The molecular weight excluding hydrogens is 268 g/mol. The highest BCUT2D eigenvalue weighted by atomic mass is 16.6. The van der Waals surface area contributed by atoms with Crippen molar-refractivity contribution in [1.29, 1.82) is 0 Å². The third-order valence-electron chi connectivity index (χ3n) is 3.55. The fourth-order valence-electron chi connectivity index (χ4n) is 2.55. The van der Waals surface area contributed by atoms with Gasteiger partial charge in [0, 0.05) is 6.21 Å². The van der Waals surface area contributed by atoms with E-state index >= 15 is 0 Å². The van der Waals surface area contributed by atoms with Gasteiger partial charge >= 0.3 is 0 Å². The van der Waals surface area contributed by atoms with Crippen LogP contribution in [-0.4, -0.2) is 62.5 Å². The highest BCUT2D eigenvalue weighted by molar-refractivity contribution is 5.80. The van der Waals surface area contributed by atoms with E-state index < -0.39 is 42.5 Å². The molecule has 5 atom stereocenters. The molecule has 0 aromatic carbocycles. The van der Waals surface area contributed by atoms with Gasteiger partial charge in [-0.25, -0.2) is 4.98 Å². The van der Waals surface area contributed by atoms with Gasteiger partial charge in [-0.3, -0.25) is 14.8 Å². The van der Waals surface area contributed by atoms with Gasteiger partial charge in [0.15, 0.2) is 5.69 Å². The number of anilines is 1. The Morgan fingerprint density at radius 2 is 2.15 bits per heavy atom. The molecule has 3 heterocycles. The molecule has 0 unspecified atom stereocenters. The summed E-state index contributed by atoms with van der Waals surface area (Å²) in [5.41, 5.74) is 5.42. The van der Waals surface area contributed by atoms with Crippen molar-refractivity contribution >= 4 is 17.9 Å². The average molecular weight is 282 g/mol. The van der Waals surface area contributed by atoms with E-state index in [-0.39, 0.29) is 11.6 Å². The normalized spacial score (nSPS) is 35.5. The number of aromatic amines is 1. The standard InChI is InChI=1S/C11H14N4O5/c12-11-14-5-3(1-13-6(5)10(19)15-11)9-8(18)7(17)4(2-16)20-9/h1,3-4,7-9,16-18H,2H2,(H3,12,14,15,19)/t3-,4-,7+,8-,9+/m1/s1. The number of nitrogens with two attached hydrogens (primary N) is 1. The van der Waals surface area contributed by atoms with Gasteiger partial charge in [-0.05, 0) is 0 Å². The number of fused-ring (bicyclic) bond motifs is 1. The van der Waals surface area contributed by atoms with Gasteiger partial charge in [0.2, 0.25) is 5.95 Å². The van der Waals surface area contributed by atoms with Gasteiger partial charge in [0.1, 0.15) is 24.4 Å².